The Labute approximate surface area is 301 Å². The van der Waals surface area contributed by atoms with Gasteiger partial charge in [-0.15, -0.1) is 0 Å². The first kappa shape index (κ1) is 23.0. The highest BCUT2D eigenvalue weighted by Crippen LogP contribution is 2.36. The van der Waals surface area contributed by atoms with Gasteiger partial charge in [0, 0.05) is 27.5 Å². The molecule has 2 aromatic heterocycles. The summed E-state index contributed by atoms with van der Waals surface area (Å²) in [7, 11) is -2.86. The van der Waals surface area contributed by atoms with Gasteiger partial charge in [-0.2, -0.15) is 0 Å². The van der Waals surface area contributed by atoms with Gasteiger partial charge in [-0.3, -0.25) is 0 Å². The lowest BCUT2D eigenvalue weighted by atomic mass is 10.1. The zero-order chi connectivity index (χ0) is 39.4. The van der Waals surface area contributed by atoms with Crippen molar-refractivity contribution in [3.05, 3.63) is 188 Å². The number of nitrogens with zero attached hydrogens (tertiary/aromatic N) is 3. The third-order valence-electron chi connectivity index (χ3n) is 9.05. The van der Waals surface area contributed by atoms with Gasteiger partial charge in [-0.25, -0.2) is 15.0 Å². The van der Waals surface area contributed by atoms with E-state index >= 15 is 0 Å². The van der Waals surface area contributed by atoms with E-state index in [0.717, 1.165) is 5.19 Å². The second-order valence-electron chi connectivity index (χ2n) is 11.8. The summed E-state index contributed by atoms with van der Waals surface area (Å²) in [5.74, 6) is 0.106. The highest BCUT2D eigenvalue weighted by molar-refractivity contribution is 7.19. The molecule has 4 nitrogen and oxygen atoms in total. The SMILES string of the molecule is [2H]c1ccc2oc3ccc([2H])c(-c4nc(-c5ccc([Si](c6ccccc6)(c6ccccc6)c6ccccc6)cc5)nc(-c5c([2H])c([2H])c([2H])c([2H])c5[2H])n4)c3c2c1. The highest BCUT2D eigenvalue weighted by atomic mass is 28.3. The van der Waals surface area contributed by atoms with Crippen molar-refractivity contribution in [3.8, 4) is 34.2 Å². The van der Waals surface area contributed by atoms with Gasteiger partial charge in [0.1, 0.15) is 11.2 Å². The van der Waals surface area contributed by atoms with Crippen LogP contribution in [-0.4, -0.2) is 23.0 Å². The van der Waals surface area contributed by atoms with Gasteiger partial charge in [0.05, 0.1) is 9.60 Å². The fourth-order valence-electron chi connectivity index (χ4n) is 6.85. The minimum absolute atomic E-state index is 0.0566. The molecular weight excluding hydrogens is 627 g/mol. The maximum Gasteiger partial charge on any atom is 0.179 e. The summed E-state index contributed by atoms with van der Waals surface area (Å²) in [5, 5.41) is 5.86. The third-order valence-corrected chi connectivity index (χ3v) is 13.8. The Morgan fingerprint density at radius 3 is 1.58 bits per heavy atom. The third kappa shape index (κ3) is 5.03. The van der Waals surface area contributed by atoms with E-state index in [-0.39, 0.29) is 35.1 Å². The molecule has 236 valence electrons. The zero-order valence-electron chi connectivity index (χ0n) is 33.6. The maximum absolute atomic E-state index is 9.09. The number of aromatic nitrogens is 3. The van der Waals surface area contributed by atoms with Crippen LogP contribution in [0.15, 0.2) is 192 Å². The van der Waals surface area contributed by atoms with E-state index < -0.39 is 38.3 Å². The van der Waals surface area contributed by atoms with Crippen molar-refractivity contribution in [1.82, 2.24) is 15.0 Å². The first-order chi connectivity index (χ1) is 27.7. The quantitative estimate of drug-likeness (QED) is 0.128. The molecule has 0 radical (unpaired) electrons. The number of furan rings is 1. The molecule has 0 aliphatic rings. The van der Waals surface area contributed by atoms with Gasteiger partial charge in [-0.05, 0) is 32.9 Å². The molecule has 0 unspecified atom stereocenters. The van der Waals surface area contributed by atoms with Crippen molar-refractivity contribution >= 4 is 50.8 Å². The van der Waals surface area contributed by atoms with Crippen molar-refractivity contribution in [2.75, 3.05) is 0 Å². The van der Waals surface area contributed by atoms with Gasteiger partial charge in [0.25, 0.3) is 0 Å². The molecule has 0 amide bonds. The Kier molecular flexibility index (Phi) is 5.77. The molecule has 9 aromatic rings. The van der Waals surface area contributed by atoms with Crippen LogP contribution in [0, 0.1) is 0 Å². The lowest BCUT2D eigenvalue weighted by Crippen LogP contribution is -2.74. The molecule has 9 rings (SSSR count). The monoisotopic (exact) mass is 664 g/mol. The number of hydrogen-bond donors (Lipinski definition) is 0. The minimum atomic E-state index is -2.86. The molecule has 0 fully saturated rings. The van der Waals surface area contributed by atoms with E-state index in [9.17, 15) is 0 Å². The van der Waals surface area contributed by atoms with Crippen molar-refractivity contribution in [1.29, 1.82) is 0 Å². The molecule has 0 saturated carbocycles. The van der Waals surface area contributed by atoms with Gasteiger partial charge in [0.2, 0.25) is 0 Å². The molecule has 0 N–H and O–H groups in total. The van der Waals surface area contributed by atoms with Crippen LogP contribution in [0.25, 0.3) is 56.1 Å². The summed E-state index contributed by atoms with van der Waals surface area (Å²) >= 11 is 0. The molecule has 0 aliphatic carbocycles. The topological polar surface area (TPSA) is 51.8 Å². The lowest BCUT2D eigenvalue weighted by molar-refractivity contribution is 0.669. The fourth-order valence-corrected chi connectivity index (χ4v) is 11.6. The Morgan fingerprint density at radius 2 is 0.960 bits per heavy atom. The normalized spacial score (nSPS) is 13.6. The van der Waals surface area contributed by atoms with Crippen LogP contribution in [0.1, 0.15) is 9.60 Å². The highest BCUT2D eigenvalue weighted by Gasteiger charge is 2.41. The maximum atomic E-state index is 9.09. The summed E-state index contributed by atoms with van der Waals surface area (Å²) in [6.45, 7) is 0. The summed E-state index contributed by atoms with van der Waals surface area (Å²) in [4.78, 5) is 14.5. The molecule has 0 bridgehead atoms. The van der Waals surface area contributed by atoms with E-state index in [2.05, 4.69) is 84.9 Å². The molecule has 0 aliphatic heterocycles. The standard InChI is InChI=1S/C45H31N3OSi/c1-5-16-32(17-6-1)43-46-44(48-45(47-43)39-25-15-27-41-42(39)38-24-13-14-26-40(38)49-41)33-28-30-37(31-29-33)50(34-18-7-2-8-19-34,35-20-9-3-10-21-35)36-22-11-4-12-23-36/h1-31H/i1D,5D,6D,13D,16D,17D,25D. The van der Waals surface area contributed by atoms with Gasteiger partial charge in [-0.1, -0.05) is 176 Å². The van der Waals surface area contributed by atoms with E-state index in [1.54, 1.807) is 30.3 Å². The zero-order valence-corrected chi connectivity index (χ0v) is 27.6. The lowest BCUT2D eigenvalue weighted by Gasteiger charge is -2.34. The number of benzene rings is 7. The Morgan fingerprint density at radius 1 is 0.420 bits per heavy atom. The van der Waals surface area contributed by atoms with E-state index in [0.29, 0.717) is 33.1 Å². The average Bonchev–Trinajstić information content (AvgIpc) is 3.61. The van der Waals surface area contributed by atoms with Crippen LogP contribution < -0.4 is 20.7 Å². The average molecular weight is 665 g/mol. The van der Waals surface area contributed by atoms with E-state index in [4.69, 9.17) is 29.0 Å². The van der Waals surface area contributed by atoms with Crippen LogP contribution in [-0.2, 0) is 0 Å². The number of hydrogen-bond acceptors (Lipinski definition) is 4. The first-order valence-electron chi connectivity index (χ1n) is 19.7. The predicted molar refractivity (Wildman–Crippen MR) is 207 cm³/mol. The molecular formula is C45H31N3OSi. The second kappa shape index (κ2) is 12.5. The molecule has 0 saturated heterocycles. The second-order valence-corrected chi connectivity index (χ2v) is 15.7. The Bertz CT molecular complexity index is 2860. The van der Waals surface area contributed by atoms with Crippen molar-refractivity contribution in [3.63, 3.8) is 0 Å². The minimum Gasteiger partial charge on any atom is -0.456 e. The summed E-state index contributed by atoms with van der Waals surface area (Å²) in [6.07, 6.45) is 0. The smallest absolute Gasteiger partial charge is 0.179 e. The van der Waals surface area contributed by atoms with Gasteiger partial charge >= 0.3 is 0 Å². The van der Waals surface area contributed by atoms with Crippen LogP contribution in [0.3, 0.4) is 0 Å². The van der Waals surface area contributed by atoms with E-state index in [1.807, 2.05) is 30.3 Å². The van der Waals surface area contributed by atoms with Crippen molar-refractivity contribution in [2.24, 2.45) is 0 Å². The Balaban J connectivity index is 1.31. The summed E-state index contributed by atoms with van der Waals surface area (Å²) < 4.78 is 66.2. The Hall–Kier alpha value is -6.43. The van der Waals surface area contributed by atoms with Crippen LogP contribution >= 0.6 is 0 Å². The van der Waals surface area contributed by atoms with E-state index in [1.165, 1.54) is 15.6 Å². The van der Waals surface area contributed by atoms with Crippen LogP contribution in [0.2, 0.25) is 0 Å². The molecule has 0 spiro atoms. The number of para-hydroxylation sites is 1. The number of rotatable bonds is 7. The van der Waals surface area contributed by atoms with Gasteiger partial charge in [0.15, 0.2) is 25.5 Å². The summed E-state index contributed by atoms with van der Waals surface area (Å²) in [6, 6.07) is 45.8. The van der Waals surface area contributed by atoms with Crippen LogP contribution in [0.4, 0.5) is 0 Å². The van der Waals surface area contributed by atoms with Crippen LogP contribution in [0.5, 0.6) is 0 Å². The first-order valence-corrected chi connectivity index (χ1v) is 18.2. The summed E-state index contributed by atoms with van der Waals surface area (Å²) in [5.41, 5.74) is 1.69. The predicted octanol–water partition coefficient (Wildman–Crippen LogP) is 8.15. The molecule has 0 atom stereocenters. The largest absolute Gasteiger partial charge is 0.456 e. The molecule has 2 heterocycles. The fraction of sp³-hybridized carbons (Fsp3) is 0. The van der Waals surface area contributed by atoms with Gasteiger partial charge < -0.3 is 4.42 Å². The molecule has 5 heteroatoms. The number of fused-ring (bicyclic) bond motifs is 3. The van der Waals surface area contributed by atoms with Crippen molar-refractivity contribution < 1.29 is 14.0 Å². The van der Waals surface area contributed by atoms with Crippen molar-refractivity contribution in [2.45, 2.75) is 0 Å². The molecule has 50 heavy (non-hydrogen) atoms. The molecule has 7 aromatic carbocycles.